The van der Waals surface area contributed by atoms with Crippen LogP contribution >= 0.6 is 0 Å². The monoisotopic (exact) mass is 301 g/mol. The quantitative estimate of drug-likeness (QED) is 0.853. The molecule has 0 spiro atoms. The van der Waals surface area contributed by atoms with Gasteiger partial charge in [0.1, 0.15) is 6.67 Å². The lowest BCUT2D eigenvalue weighted by molar-refractivity contribution is 0.266. The van der Waals surface area contributed by atoms with Crippen molar-refractivity contribution in [3.05, 3.63) is 90.5 Å². The van der Waals surface area contributed by atoms with E-state index in [0.29, 0.717) is 6.04 Å². The van der Waals surface area contributed by atoms with Gasteiger partial charge in [-0.1, -0.05) is 72.8 Å². The smallest absolute Gasteiger partial charge is 0.162 e. The first-order valence-corrected chi connectivity index (χ1v) is 7.98. The highest BCUT2D eigenvalue weighted by atomic mass is 15.6. The standard InChI is InChI=1S/C20H19N3/c1-4-10-17(11-5-1)20-21-23(19-14-8-3-9-15-19)16-22(20)18-12-6-2-7-13-18/h1-14,19H,15-16H2. The molecular weight excluding hydrogens is 282 g/mol. The van der Waals surface area contributed by atoms with Crippen LogP contribution in [0.2, 0.25) is 0 Å². The van der Waals surface area contributed by atoms with Gasteiger partial charge in [0, 0.05) is 11.3 Å². The second-order valence-corrected chi connectivity index (χ2v) is 5.75. The Morgan fingerprint density at radius 3 is 2.30 bits per heavy atom. The predicted octanol–water partition coefficient (Wildman–Crippen LogP) is 4.01. The Balaban J connectivity index is 1.70. The number of para-hydroxylation sites is 1. The minimum atomic E-state index is 0.326. The Morgan fingerprint density at radius 2 is 1.61 bits per heavy atom. The molecule has 0 N–H and O–H groups in total. The molecule has 0 fully saturated rings. The fourth-order valence-electron chi connectivity index (χ4n) is 3.00. The van der Waals surface area contributed by atoms with Gasteiger partial charge in [0.25, 0.3) is 0 Å². The van der Waals surface area contributed by atoms with E-state index in [9.17, 15) is 0 Å². The number of benzene rings is 2. The molecule has 2 aromatic carbocycles. The Bertz CT molecular complexity index is 747. The zero-order chi connectivity index (χ0) is 15.5. The predicted molar refractivity (Wildman–Crippen MR) is 95.3 cm³/mol. The minimum absolute atomic E-state index is 0.326. The number of hydrazone groups is 1. The first-order chi connectivity index (χ1) is 11.4. The van der Waals surface area contributed by atoms with Crippen LogP contribution in [0.25, 0.3) is 0 Å². The van der Waals surface area contributed by atoms with Crippen molar-refractivity contribution in [2.75, 3.05) is 11.6 Å². The third-order valence-electron chi connectivity index (χ3n) is 4.21. The molecule has 1 atom stereocenters. The Kier molecular flexibility index (Phi) is 3.68. The lowest BCUT2D eigenvalue weighted by atomic mass is 10.1. The topological polar surface area (TPSA) is 18.8 Å². The normalized spacial score (nSPS) is 20.0. The molecule has 3 heteroatoms. The van der Waals surface area contributed by atoms with Gasteiger partial charge in [0.15, 0.2) is 5.84 Å². The van der Waals surface area contributed by atoms with E-state index in [-0.39, 0.29) is 0 Å². The van der Waals surface area contributed by atoms with Crippen molar-refractivity contribution < 1.29 is 0 Å². The highest BCUT2D eigenvalue weighted by Gasteiger charge is 2.28. The number of nitrogens with zero attached hydrogens (tertiary/aromatic N) is 3. The molecule has 114 valence electrons. The van der Waals surface area contributed by atoms with Gasteiger partial charge >= 0.3 is 0 Å². The molecule has 0 saturated carbocycles. The number of rotatable bonds is 3. The maximum absolute atomic E-state index is 4.93. The molecule has 0 radical (unpaired) electrons. The molecule has 4 rings (SSSR count). The summed E-state index contributed by atoms with van der Waals surface area (Å²) in [4.78, 5) is 2.28. The average Bonchev–Trinajstić information content (AvgIpc) is 3.09. The van der Waals surface area contributed by atoms with E-state index in [1.807, 2.05) is 12.1 Å². The molecule has 1 aliphatic carbocycles. The van der Waals surface area contributed by atoms with E-state index in [1.165, 1.54) is 5.69 Å². The molecule has 0 aromatic heterocycles. The van der Waals surface area contributed by atoms with Crippen molar-refractivity contribution in [3.8, 4) is 0 Å². The van der Waals surface area contributed by atoms with Crippen molar-refractivity contribution in [1.82, 2.24) is 5.01 Å². The Labute approximate surface area is 136 Å². The second-order valence-electron chi connectivity index (χ2n) is 5.75. The minimum Gasteiger partial charge on any atom is -0.305 e. The summed E-state index contributed by atoms with van der Waals surface area (Å²) in [6.45, 7) is 0.775. The third kappa shape index (κ3) is 2.78. The maximum atomic E-state index is 4.93. The number of hydrogen-bond acceptors (Lipinski definition) is 3. The average molecular weight is 301 g/mol. The van der Waals surface area contributed by atoms with E-state index in [4.69, 9.17) is 5.10 Å². The van der Waals surface area contributed by atoms with Crippen molar-refractivity contribution in [2.24, 2.45) is 5.10 Å². The van der Waals surface area contributed by atoms with Crippen LogP contribution in [-0.4, -0.2) is 23.6 Å². The summed E-state index contributed by atoms with van der Waals surface area (Å²) in [5.74, 6) is 1.01. The van der Waals surface area contributed by atoms with Crippen molar-refractivity contribution in [3.63, 3.8) is 0 Å². The first kappa shape index (κ1) is 13.8. The van der Waals surface area contributed by atoms with Crippen LogP contribution in [0.5, 0.6) is 0 Å². The second kappa shape index (κ2) is 6.13. The highest BCUT2D eigenvalue weighted by molar-refractivity contribution is 6.10. The van der Waals surface area contributed by atoms with Crippen molar-refractivity contribution >= 4 is 11.5 Å². The summed E-state index contributed by atoms with van der Waals surface area (Å²) in [5, 5.41) is 7.11. The van der Waals surface area contributed by atoms with Crippen LogP contribution in [0, 0.1) is 0 Å². The number of amidine groups is 1. The van der Waals surface area contributed by atoms with E-state index in [2.05, 4.69) is 82.7 Å². The summed E-state index contributed by atoms with van der Waals surface area (Å²) in [6.07, 6.45) is 9.64. The molecule has 0 saturated heterocycles. The van der Waals surface area contributed by atoms with Gasteiger partial charge in [0.2, 0.25) is 0 Å². The van der Waals surface area contributed by atoms with E-state index in [0.717, 1.165) is 24.5 Å². The summed E-state index contributed by atoms with van der Waals surface area (Å²) in [5.41, 5.74) is 2.32. The summed E-state index contributed by atoms with van der Waals surface area (Å²) >= 11 is 0. The van der Waals surface area contributed by atoms with Gasteiger partial charge in [-0.15, -0.1) is 0 Å². The molecule has 0 amide bonds. The van der Waals surface area contributed by atoms with Gasteiger partial charge in [-0.2, -0.15) is 5.10 Å². The van der Waals surface area contributed by atoms with Crippen LogP contribution in [0.15, 0.2) is 90.1 Å². The van der Waals surface area contributed by atoms with Gasteiger partial charge < -0.3 is 4.90 Å². The van der Waals surface area contributed by atoms with Gasteiger partial charge in [0.05, 0.1) is 6.04 Å². The van der Waals surface area contributed by atoms with Gasteiger partial charge in [-0.25, -0.2) is 0 Å². The summed E-state index contributed by atoms with van der Waals surface area (Å²) < 4.78 is 0. The summed E-state index contributed by atoms with van der Waals surface area (Å²) in [7, 11) is 0. The molecule has 2 aromatic rings. The van der Waals surface area contributed by atoms with Crippen LogP contribution in [-0.2, 0) is 0 Å². The zero-order valence-corrected chi connectivity index (χ0v) is 12.9. The largest absolute Gasteiger partial charge is 0.305 e. The van der Waals surface area contributed by atoms with Crippen LogP contribution in [0.4, 0.5) is 5.69 Å². The fourth-order valence-corrected chi connectivity index (χ4v) is 3.00. The fraction of sp³-hybridized carbons (Fsp3) is 0.150. The van der Waals surface area contributed by atoms with Gasteiger partial charge in [-0.05, 0) is 18.6 Å². The SMILES string of the molecule is C1=CCC(N2CN(c3ccccc3)C(c3ccccc3)=N2)C=C1. The van der Waals surface area contributed by atoms with E-state index in [1.54, 1.807) is 0 Å². The van der Waals surface area contributed by atoms with Crippen molar-refractivity contribution in [1.29, 1.82) is 0 Å². The van der Waals surface area contributed by atoms with Crippen LogP contribution in [0.1, 0.15) is 12.0 Å². The van der Waals surface area contributed by atoms with Crippen LogP contribution < -0.4 is 4.90 Å². The lowest BCUT2D eigenvalue weighted by Crippen LogP contribution is -2.35. The van der Waals surface area contributed by atoms with E-state index >= 15 is 0 Å². The molecule has 1 aliphatic heterocycles. The molecule has 0 bridgehead atoms. The maximum Gasteiger partial charge on any atom is 0.162 e. The molecular formula is C20H19N3. The van der Waals surface area contributed by atoms with Gasteiger partial charge in [-0.3, -0.25) is 5.01 Å². The Morgan fingerprint density at radius 1 is 0.870 bits per heavy atom. The zero-order valence-electron chi connectivity index (χ0n) is 12.9. The molecule has 3 nitrogen and oxygen atoms in total. The van der Waals surface area contributed by atoms with Crippen molar-refractivity contribution in [2.45, 2.75) is 12.5 Å². The third-order valence-corrected chi connectivity index (χ3v) is 4.21. The number of allylic oxidation sites excluding steroid dienone is 2. The van der Waals surface area contributed by atoms with E-state index < -0.39 is 0 Å². The number of anilines is 1. The highest BCUT2D eigenvalue weighted by Crippen LogP contribution is 2.26. The van der Waals surface area contributed by atoms with Crippen LogP contribution in [0.3, 0.4) is 0 Å². The molecule has 23 heavy (non-hydrogen) atoms. The Hall–Kier alpha value is -2.81. The molecule has 2 aliphatic rings. The number of hydrogen-bond donors (Lipinski definition) is 0. The lowest BCUT2D eigenvalue weighted by Gasteiger charge is -2.26. The molecule has 1 unspecified atom stereocenters. The summed E-state index contributed by atoms with van der Waals surface area (Å²) in [6, 6.07) is 21.2. The first-order valence-electron chi connectivity index (χ1n) is 7.98. The molecule has 1 heterocycles.